The number of nitrogens with one attached hydrogen (secondary N) is 1. The molecule has 7 heteroatoms. The lowest BCUT2D eigenvalue weighted by Gasteiger charge is -2.38. The highest BCUT2D eigenvalue weighted by molar-refractivity contribution is 6.30. The fraction of sp³-hybridized carbons (Fsp3) is 0.474. The fourth-order valence-electron chi connectivity index (χ4n) is 3.05. The van der Waals surface area contributed by atoms with Gasteiger partial charge in [-0.15, -0.1) is 0 Å². The van der Waals surface area contributed by atoms with E-state index >= 15 is 0 Å². The molecule has 1 aliphatic heterocycles. The molecule has 1 heterocycles. The van der Waals surface area contributed by atoms with E-state index in [1.165, 1.54) is 0 Å². The number of carbonyl (C=O) groups excluding carboxylic acids is 2. The fourth-order valence-corrected chi connectivity index (χ4v) is 3.18. The van der Waals surface area contributed by atoms with Crippen LogP contribution in [0.2, 0.25) is 5.02 Å². The van der Waals surface area contributed by atoms with E-state index in [2.05, 4.69) is 22.1 Å². The maximum absolute atomic E-state index is 11.8. The van der Waals surface area contributed by atoms with Crippen LogP contribution in [0.1, 0.15) is 31.2 Å². The van der Waals surface area contributed by atoms with Gasteiger partial charge in [0.05, 0.1) is 0 Å². The van der Waals surface area contributed by atoms with Crippen LogP contribution in [0.4, 0.5) is 4.79 Å². The van der Waals surface area contributed by atoms with Gasteiger partial charge in [0.1, 0.15) is 6.10 Å². The molecule has 26 heavy (non-hydrogen) atoms. The van der Waals surface area contributed by atoms with Crippen LogP contribution in [0.3, 0.4) is 0 Å². The van der Waals surface area contributed by atoms with E-state index in [0.29, 0.717) is 30.7 Å². The maximum Gasteiger partial charge on any atom is 0.404 e. The third-order valence-corrected chi connectivity index (χ3v) is 4.63. The van der Waals surface area contributed by atoms with Crippen LogP contribution in [0.25, 0.3) is 0 Å². The summed E-state index contributed by atoms with van der Waals surface area (Å²) in [4.78, 5) is 25.0. The van der Waals surface area contributed by atoms with Gasteiger partial charge in [0.15, 0.2) is 0 Å². The van der Waals surface area contributed by atoms with Gasteiger partial charge < -0.3 is 15.8 Å². The molecule has 140 valence electrons. The second-order valence-electron chi connectivity index (χ2n) is 6.21. The Morgan fingerprint density at radius 2 is 2.12 bits per heavy atom. The van der Waals surface area contributed by atoms with E-state index in [0.717, 1.165) is 18.7 Å². The third-order valence-electron chi connectivity index (χ3n) is 4.37. The van der Waals surface area contributed by atoms with Crippen molar-refractivity contribution < 1.29 is 14.3 Å². The van der Waals surface area contributed by atoms with Crippen LogP contribution >= 0.6 is 11.6 Å². The number of likely N-dealkylation sites (tertiary alicyclic amines) is 1. The van der Waals surface area contributed by atoms with Crippen molar-refractivity contribution in [3.8, 4) is 11.8 Å². The van der Waals surface area contributed by atoms with Crippen molar-refractivity contribution in [2.75, 3.05) is 20.1 Å². The van der Waals surface area contributed by atoms with Crippen LogP contribution < -0.4 is 11.1 Å². The summed E-state index contributed by atoms with van der Waals surface area (Å²) in [6, 6.07) is 7.40. The lowest BCUT2D eigenvalue weighted by atomic mass is 9.96. The molecule has 0 aromatic heterocycles. The van der Waals surface area contributed by atoms with Gasteiger partial charge in [-0.1, -0.05) is 23.4 Å². The summed E-state index contributed by atoms with van der Waals surface area (Å²) in [6.07, 6.45) is 1.35. The van der Waals surface area contributed by atoms with Crippen molar-refractivity contribution in [1.29, 1.82) is 0 Å². The Labute approximate surface area is 159 Å². The first-order valence-electron chi connectivity index (χ1n) is 8.63. The highest BCUT2D eigenvalue weighted by Gasteiger charge is 2.31. The second-order valence-corrected chi connectivity index (χ2v) is 6.65. The Kier molecular flexibility index (Phi) is 7.76. The predicted octanol–water partition coefficient (Wildman–Crippen LogP) is 2.15. The zero-order valence-corrected chi connectivity index (χ0v) is 15.6. The number of nitrogens with two attached hydrogens (primary N) is 1. The molecule has 2 amide bonds. The number of rotatable bonds is 5. The number of amides is 2. The zero-order chi connectivity index (χ0) is 18.9. The van der Waals surface area contributed by atoms with E-state index in [-0.39, 0.29) is 18.1 Å². The minimum Gasteiger partial charge on any atom is -0.446 e. The number of carbonyl (C=O) groups is 2. The number of halogens is 1. The minimum absolute atomic E-state index is 0.00498. The summed E-state index contributed by atoms with van der Waals surface area (Å²) in [5.41, 5.74) is 6.03. The molecule has 1 aromatic carbocycles. The van der Waals surface area contributed by atoms with Gasteiger partial charge in [-0.3, -0.25) is 9.69 Å². The standard InChI is InChI=1S/C19H24ClN3O3/c1-22-18(24)13-16-12-17(26-19(21)25)9-11-23(16)10-3-2-4-14-5-7-15(20)8-6-14/h5-8,16-17H,3,9-13H2,1H3,(H2,21,25)(H,22,24). The Balaban J connectivity index is 1.91. The van der Waals surface area contributed by atoms with Crippen LogP contribution in [0, 0.1) is 11.8 Å². The van der Waals surface area contributed by atoms with Crippen molar-refractivity contribution in [2.24, 2.45) is 5.73 Å². The summed E-state index contributed by atoms with van der Waals surface area (Å²) in [7, 11) is 1.62. The van der Waals surface area contributed by atoms with Gasteiger partial charge in [-0.25, -0.2) is 4.79 Å². The topological polar surface area (TPSA) is 84.7 Å². The van der Waals surface area contributed by atoms with Gasteiger partial charge in [0, 0.05) is 56.0 Å². The van der Waals surface area contributed by atoms with E-state index < -0.39 is 6.09 Å². The number of ether oxygens (including phenoxy) is 1. The molecule has 0 bridgehead atoms. The van der Waals surface area contributed by atoms with Gasteiger partial charge in [0.25, 0.3) is 0 Å². The number of hydrogen-bond donors (Lipinski definition) is 2. The first kappa shape index (κ1) is 20.1. The molecular weight excluding hydrogens is 354 g/mol. The van der Waals surface area contributed by atoms with Gasteiger partial charge in [-0.05, 0) is 30.7 Å². The van der Waals surface area contributed by atoms with E-state index in [9.17, 15) is 9.59 Å². The summed E-state index contributed by atoms with van der Waals surface area (Å²) in [5, 5.41) is 3.33. The first-order chi connectivity index (χ1) is 12.5. The number of benzene rings is 1. The normalized spacial score (nSPS) is 19.9. The zero-order valence-electron chi connectivity index (χ0n) is 14.8. The molecular formula is C19H24ClN3O3. The van der Waals surface area contributed by atoms with E-state index in [1.807, 2.05) is 24.3 Å². The molecule has 2 atom stereocenters. The molecule has 0 aliphatic carbocycles. The molecule has 0 spiro atoms. The molecule has 2 unspecified atom stereocenters. The molecule has 2 rings (SSSR count). The van der Waals surface area contributed by atoms with Crippen molar-refractivity contribution >= 4 is 23.6 Å². The Morgan fingerprint density at radius 3 is 2.77 bits per heavy atom. The summed E-state index contributed by atoms with van der Waals surface area (Å²) in [5.74, 6) is 6.24. The Hall–Kier alpha value is -2.23. The summed E-state index contributed by atoms with van der Waals surface area (Å²) >= 11 is 5.86. The summed E-state index contributed by atoms with van der Waals surface area (Å²) in [6.45, 7) is 1.49. The largest absolute Gasteiger partial charge is 0.446 e. The minimum atomic E-state index is -0.768. The Bertz CT molecular complexity index is 682. The second kappa shape index (κ2) is 10.0. The van der Waals surface area contributed by atoms with Crippen LogP contribution in [0.5, 0.6) is 0 Å². The van der Waals surface area contributed by atoms with Crippen LogP contribution in [0.15, 0.2) is 24.3 Å². The molecule has 1 aromatic rings. The van der Waals surface area contributed by atoms with E-state index in [1.54, 1.807) is 7.05 Å². The number of nitrogens with zero attached hydrogens (tertiary/aromatic N) is 1. The number of primary amides is 1. The van der Waals surface area contributed by atoms with Gasteiger partial charge in [-0.2, -0.15) is 0 Å². The smallest absolute Gasteiger partial charge is 0.404 e. The lowest BCUT2D eigenvalue weighted by molar-refractivity contribution is -0.122. The van der Waals surface area contributed by atoms with Gasteiger partial charge >= 0.3 is 6.09 Å². The van der Waals surface area contributed by atoms with Crippen molar-refractivity contribution in [3.05, 3.63) is 34.9 Å². The molecule has 6 nitrogen and oxygen atoms in total. The van der Waals surface area contributed by atoms with Crippen molar-refractivity contribution in [3.63, 3.8) is 0 Å². The van der Waals surface area contributed by atoms with Crippen LogP contribution in [-0.4, -0.2) is 49.2 Å². The highest BCUT2D eigenvalue weighted by atomic mass is 35.5. The van der Waals surface area contributed by atoms with Crippen molar-refractivity contribution in [2.45, 2.75) is 37.8 Å². The lowest BCUT2D eigenvalue weighted by Crippen LogP contribution is -2.47. The monoisotopic (exact) mass is 377 g/mol. The predicted molar refractivity (Wildman–Crippen MR) is 101 cm³/mol. The molecule has 1 fully saturated rings. The summed E-state index contributed by atoms with van der Waals surface area (Å²) < 4.78 is 5.12. The molecule has 1 saturated heterocycles. The number of piperidine rings is 1. The van der Waals surface area contributed by atoms with Crippen LogP contribution in [-0.2, 0) is 9.53 Å². The maximum atomic E-state index is 11.8. The average Bonchev–Trinajstić information content (AvgIpc) is 2.61. The molecule has 0 radical (unpaired) electrons. The third kappa shape index (κ3) is 6.58. The first-order valence-corrected chi connectivity index (χ1v) is 9.01. The quantitative estimate of drug-likeness (QED) is 0.770. The molecule has 1 aliphatic rings. The SMILES string of the molecule is CNC(=O)CC1CC(OC(N)=O)CCN1CCC#Cc1ccc(Cl)cc1. The van der Waals surface area contributed by atoms with E-state index in [4.69, 9.17) is 22.1 Å². The van der Waals surface area contributed by atoms with Crippen molar-refractivity contribution in [1.82, 2.24) is 10.2 Å². The molecule has 0 saturated carbocycles. The number of hydrogen-bond acceptors (Lipinski definition) is 4. The molecule has 3 N–H and O–H groups in total. The Morgan fingerprint density at radius 1 is 1.38 bits per heavy atom. The average molecular weight is 378 g/mol. The highest BCUT2D eigenvalue weighted by Crippen LogP contribution is 2.22. The van der Waals surface area contributed by atoms with Gasteiger partial charge in [0.2, 0.25) is 5.91 Å².